The molecule has 1 N–H and O–H groups in total. The van der Waals surface area contributed by atoms with E-state index >= 15 is 0 Å². The molecule has 0 amide bonds. The van der Waals surface area contributed by atoms with E-state index in [0.29, 0.717) is 5.54 Å². The van der Waals surface area contributed by atoms with Crippen LogP contribution in [0, 0.1) is 5.92 Å². The molecule has 2 saturated carbocycles. The minimum absolute atomic E-state index is 0.547. The zero-order chi connectivity index (χ0) is 8.60. The van der Waals surface area contributed by atoms with Crippen molar-refractivity contribution >= 4 is 0 Å². The molecule has 2 rings (SSSR count). The highest BCUT2D eigenvalue weighted by atomic mass is 15.0. The fraction of sp³-hybridized carbons (Fsp3) is 1.00. The quantitative estimate of drug-likeness (QED) is 0.681. The monoisotopic (exact) mass is 167 g/mol. The average Bonchev–Trinajstić information content (AvgIpc) is 1.80. The first-order valence-corrected chi connectivity index (χ1v) is 5.51. The van der Waals surface area contributed by atoms with Crippen molar-refractivity contribution in [2.75, 3.05) is 0 Å². The molecule has 0 bridgehead atoms. The van der Waals surface area contributed by atoms with Gasteiger partial charge in [0, 0.05) is 11.6 Å². The van der Waals surface area contributed by atoms with Crippen LogP contribution in [0.1, 0.15) is 52.4 Å². The summed E-state index contributed by atoms with van der Waals surface area (Å²) in [4.78, 5) is 0. The van der Waals surface area contributed by atoms with Gasteiger partial charge in [-0.2, -0.15) is 0 Å². The molecule has 2 aliphatic rings. The van der Waals surface area contributed by atoms with Crippen LogP contribution in [0.15, 0.2) is 0 Å². The highest BCUT2D eigenvalue weighted by Gasteiger charge is 2.41. The van der Waals surface area contributed by atoms with Crippen LogP contribution in [0.5, 0.6) is 0 Å². The second-order valence-corrected chi connectivity index (χ2v) is 4.94. The molecule has 70 valence electrons. The van der Waals surface area contributed by atoms with Crippen LogP contribution in [0.4, 0.5) is 0 Å². The zero-order valence-corrected chi connectivity index (χ0v) is 8.40. The van der Waals surface area contributed by atoms with E-state index < -0.39 is 0 Å². The summed E-state index contributed by atoms with van der Waals surface area (Å²) in [6.07, 6.45) is 8.58. The molecule has 0 unspecified atom stereocenters. The Balaban J connectivity index is 1.88. The van der Waals surface area contributed by atoms with Crippen molar-refractivity contribution in [3.63, 3.8) is 0 Å². The summed E-state index contributed by atoms with van der Waals surface area (Å²) < 4.78 is 0. The Morgan fingerprint density at radius 3 is 2.08 bits per heavy atom. The predicted molar refractivity (Wildman–Crippen MR) is 52.2 cm³/mol. The van der Waals surface area contributed by atoms with Crippen LogP contribution >= 0.6 is 0 Å². The van der Waals surface area contributed by atoms with Crippen LogP contribution in [-0.4, -0.2) is 11.6 Å². The van der Waals surface area contributed by atoms with E-state index in [0.717, 1.165) is 12.0 Å². The lowest BCUT2D eigenvalue weighted by Gasteiger charge is -2.50. The number of hydrogen-bond donors (Lipinski definition) is 1. The maximum absolute atomic E-state index is 3.87. The Hall–Kier alpha value is -0.0400. The molecule has 0 aliphatic heterocycles. The molecule has 0 atom stereocenters. The summed E-state index contributed by atoms with van der Waals surface area (Å²) in [7, 11) is 0. The van der Waals surface area contributed by atoms with Gasteiger partial charge >= 0.3 is 0 Å². The summed E-state index contributed by atoms with van der Waals surface area (Å²) in [5.41, 5.74) is 0.547. The van der Waals surface area contributed by atoms with Crippen LogP contribution in [0.25, 0.3) is 0 Å². The Labute approximate surface area is 75.9 Å². The normalized spacial score (nSPS) is 28.2. The van der Waals surface area contributed by atoms with Crippen molar-refractivity contribution in [2.45, 2.75) is 64.0 Å². The Morgan fingerprint density at radius 1 is 1.17 bits per heavy atom. The second-order valence-electron chi connectivity index (χ2n) is 4.94. The van der Waals surface area contributed by atoms with Gasteiger partial charge in [-0.15, -0.1) is 0 Å². The fourth-order valence-electron chi connectivity index (χ4n) is 2.41. The predicted octanol–water partition coefficient (Wildman–Crippen LogP) is 2.71. The first kappa shape index (κ1) is 8.55. The fourth-order valence-corrected chi connectivity index (χ4v) is 2.41. The minimum atomic E-state index is 0.547. The smallest absolute Gasteiger partial charge is 0.0207 e. The van der Waals surface area contributed by atoms with Crippen molar-refractivity contribution in [1.82, 2.24) is 5.32 Å². The Bertz CT molecular complexity index is 154. The third-order valence-corrected chi connectivity index (χ3v) is 3.95. The highest BCUT2D eigenvalue weighted by Crippen LogP contribution is 2.40. The summed E-state index contributed by atoms with van der Waals surface area (Å²) >= 11 is 0. The van der Waals surface area contributed by atoms with E-state index in [1.54, 1.807) is 0 Å². The lowest BCUT2D eigenvalue weighted by molar-refractivity contribution is 0.0866. The lowest BCUT2D eigenvalue weighted by Crippen LogP contribution is -2.59. The Morgan fingerprint density at radius 2 is 1.83 bits per heavy atom. The number of nitrogens with one attached hydrogen (secondary N) is 1. The summed E-state index contributed by atoms with van der Waals surface area (Å²) in [5.74, 6) is 0.826. The van der Waals surface area contributed by atoms with Gasteiger partial charge in [-0.3, -0.25) is 0 Å². The van der Waals surface area contributed by atoms with Crippen LogP contribution in [-0.2, 0) is 0 Å². The van der Waals surface area contributed by atoms with Crippen molar-refractivity contribution in [3.8, 4) is 0 Å². The zero-order valence-electron chi connectivity index (χ0n) is 8.40. The van der Waals surface area contributed by atoms with Gasteiger partial charge < -0.3 is 5.32 Å². The van der Waals surface area contributed by atoms with E-state index in [2.05, 4.69) is 19.2 Å². The van der Waals surface area contributed by atoms with Crippen LogP contribution in [0.3, 0.4) is 0 Å². The summed E-state index contributed by atoms with van der Waals surface area (Å²) in [6, 6.07) is 0.868. The molecule has 12 heavy (non-hydrogen) atoms. The molecule has 2 aliphatic carbocycles. The summed E-state index contributed by atoms with van der Waals surface area (Å²) in [5, 5.41) is 3.87. The first-order valence-electron chi connectivity index (χ1n) is 5.51. The molecule has 1 nitrogen and oxygen atoms in total. The van der Waals surface area contributed by atoms with Gasteiger partial charge in [-0.1, -0.05) is 20.3 Å². The van der Waals surface area contributed by atoms with E-state index in [-0.39, 0.29) is 0 Å². The largest absolute Gasteiger partial charge is 0.308 e. The molecule has 0 saturated heterocycles. The topological polar surface area (TPSA) is 12.0 Å². The molecule has 2 fully saturated rings. The van der Waals surface area contributed by atoms with Gasteiger partial charge in [0.1, 0.15) is 0 Å². The SMILES string of the molecule is CC(C)C1(NC2CCC2)CCC1. The van der Waals surface area contributed by atoms with Crippen molar-refractivity contribution in [3.05, 3.63) is 0 Å². The molecule has 0 heterocycles. The third-order valence-electron chi connectivity index (χ3n) is 3.95. The van der Waals surface area contributed by atoms with E-state index in [9.17, 15) is 0 Å². The summed E-state index contributed by atoms with van der Waals surface area (Å²) in [6.45, 7) is 4.73. The molecule has 0 spiro atoms. The molecule has 1 heteroatoms. The van der Waals surface area contributed by atoms with E-state index in [1.165, 1.54) is 38.5 Å². The standard InChI is InChI=1S/C11H21N/c1-9(2)11(7-4-8-11)12-10-5-3-6-10/h9-10,12H,3-8H2,1-2H3. The van der Waals surface area contributed by atoms with Crippen molar-refractivity contribution in [1.29, 1.82) is 0 Å². The maximum atomic E-state index is 3.87. The number of hydrogen-bond acceptors (Lipinski definition) is 1. The Kier molecular flexibility index (Phi) is 2.16. The van der Waals surface area contributed by atoms with Gasteiger partial charge in [0.05, 0.1) is 0 Å². The molecular weight excluding hydrogens is 146 g/mol. The van der Waals surface area contributed by atoms with Crippen LogP contribution < -0.4 is 5.32 Å². The first-order chi connectivity index (χ1) is 5.73. The lowest BCUT2D eigenvalue weighted by atomic mass is 9.68. The second kappa shape index (κ2) is 3.02. The van der Waals surface area contributed by atoms with Gasteiger partial charge in [0.15, 0.2) is 0 Å². The molecule has 0 aromatic rings. The van der Waals surface area contributed by atoms with Crippen molar-refractivity contribution < 1.29 is 0 Å². The molecular formula is C11H21N. The van der Waals surface area contributed by atoms with Gasteiger partial charge in [0.25, 0.3) is 0 Å². The average molecular weight is 167 g/mol. The third kappa shape index (κ3) is 1.28. The van der Waals surface area contributed by atoms with E-state index in [4.69, 9.17) is 0 Å². The van der Waals surface area contributed by atoms with Crippen molar-refractivity contribution in [2.24, 2.45) is 5.92 Å². The van der Waals surface area contributed by atoms with Crippen LogP contribution in [0.2, 0.25) is 0 Å². The van der Waals surface area contributed by atoms with Gasteiger partial charge in [0.2, 0.25) is 0 Å². The van der Waals surface area contributed by atoms with Gasteiger partial charge in [-0.25, -0.2) is 0 Å². The highest BCUT2D eigenvalue weighted by molar-refractivity contribution is 5.01. The van der Waals surface area contributed by atoms with Gasteiger partial charge in [-0.05, 0) is 38.0 Å². The number of rotatable bonds is 3. The molecule has 0 radical (unpaired) electrons. The maximum Gasteiger partial charge on any atom is 0.0207 e. The minimum Gasteiger partial charge on any atom is -0.308 e. The molecule has 0 aromatic carbocycles. The molecule has 0 aromatic heterocycles. The van der Waals surface area contributed by atoms with E-state index in [1.807, 2.05) is 0 Å².